The molecular formula is C13H22N2O. The van der Waals surface area contributed by atoms with Gasteiger partial charge in [-0.05, 0) is 13.0 Å². The normalized spacial score (nSPS) is 12.9. The average Bonchev–Trinajstić information content (AvgIpc) is 2.25. The molecule has 0 radical (unpaired) electrons. The number of aryl methyl sites for hydroxylation is 1. The minimum Gasteiger partial charge on any atom is -0.496 e. The highest BCUT2D eigenvalue weighted by molar-refractivity contribution is 5.39. The van der Waals surface area contributed by atoms with Crippen LogP contribution in [0.15, 0.2) is 18.2 Å². The van der Waals surface area contributed by atoms with Gasteiger partial charge in [0.15, 0.2) is 0 Å². The van der Waals surface area contributed by atoms with Crippen molar-refractivity contribution in [1.82, 2.24) is 5.32 Å². The number of methoxy groups -OCH3 is 1. The smallest absolute Gasteiger partial charge is 0.123 e. The van der Waals surface area contributed by atoms with Crippen molar-refractivity contribution in [3.63, 3.8) is 0 Å². The zero-order valence-corrected chi connectivity index (χ0v) is 10.6. The lowest BCUT2D eigenvalue weighted by atomic mass is 10.0. The van der Waals surface area contributed by atoms with Gasteiger partial charge in [0, 0.05) is 24.2 Å². The Labute approximate surface area is 98.0 Å². The molecule has 1 rings (SSSR count). The van der Waals surface area contributed by atoms with E-state index in [1.54, 1.807) is 7.11 Å². The van der Waals surface area contributed by atoms with Crippen LogP contribution in [0, 0.1) is 6.92 Å². The topological polar surface area (TPSA) is 47.3 Å². The molecule has 0 saturated heterocycles. The summed E-state index contributed by atoms with van der Waals surface area (Å²) in [4.78, 5) is 0. The van der Waals surface area contributed by atoms with Gasteiger partial charge in [-0.25, -0.2) is 0 Å². The Bertz CT molecular complexity index is 337. The van der Waals surface area contributed by atoms with Crippen molar-refractivity contribution in [2.75, 3.05) is 13.7 Å². The van der Waals surface area contributed by atoms with Crippen LogP contribution in [0.1, 0.15) is 31.0 Å². The van der Waals surface area contributed by atoms with E-state index in [-0.39, 0.29) is 6.04 Å². The van der Waals surface area contributed by atoms with Crippen molar-refractivity contribution in [2.24, 2.45) is 5.73 Å². The third kappa shape index (κ3) is 3.51. The Kier molecular flexibility index (Phi) is 4.77. The summed E-state index contributed by atoms with van der Waals surface area (Å²) in [6.45, 7) is 7.05. The first kappa shape index (κ1) is 13.0. The number of hydrogen-bond acceptors (Lipinski definition) is 3. The standard InChI is InChI=1S/C13H22N2O/c1-9(2)15-8-12(14)11-7-10(3)5-6-13(11)16-4/h5-7,9,12,15H,8,14H2,1-4H3. The molecule has 3 N–H and O–H groups in total. The molecule has 1 aromatic carbocycles. The Balaban J connectivity index is 2.80. The van der Waals surface area contributed by atoms with E-state index in [1.807, 2.05) is 12.1 Å². The molecule has 0 aliphatic heterocycles. The molecular weight excluding hydrogens is 200 g/mol. The van der Waals surface area contributed by atoms with Crippen molar-refractivity contribution < 1.29 is 4.74 Å². The van der Waals surface area contributed by atoms with Crippen molar-refractivity contribution in [3.8, 4) is 5.75 Å². The van der Waals surface area contributed by atoms with Gasteiger partial charge in [-0.1, -0.05) is 31.5 Å². The Hall–Kier alpha value is -1.06. The zero-order valence-electron chi connectivity index (χ0n) is 10.6. The van der Waals surface area contributed by atoms with Crippen LogP contribution in [0.2, 0.25) is 0 Å². The summed E-state index contributed by atoms with van der Waals surface area (Å²) in [5, 5.41) is 3.33. The number of benzene rings is 1. The van der Waals surface area contributed by atoms with E-state index in [4.69, 9.17) is 10.5 Å². The molecule has 0 heterocycles. The maximum atomic E-state index is 6.15. The number of rotatable bonds is 5. The molecule has 0 aliphatic carbocycles. The van der Waals surface area contributed by atoms with Crippen LogP contribution < -0.4 is 15.8 Å². The molecule has 0 aliphatic rings. The first-order valence-electron chi connectivity index (χ1n) is 5.68. The second-order valence-electron chi connectivity index (χ2n) is 4.41. The second kappa shape index (κ2) is 5.87. The maximum Gasteiger partial charge on any atom is 0.123 e. The number of nitrogens with one attached hydrogen (secondary N) is 1. The summed E-state index contributed by atoms with van der Waals surface area (Å²) in [6.07, 6.45) is 0. The maximum absolute atomic E-state index is 6.15. The summed E-state index contributed by atoms with van der Waals surface area (Å²) in [5.41, 5.74) is 8.42. The fourth-order valence-electron chi connectivity index (χ4n) is 1.62. The number of hydrogen-bond donors (Lipinski definition) is 2. The van der Waals surface area contributed by atoms with E-state index in [2.05, 4.69) is 32.2 Å². The molecule has 1 unspecified atom stereocenters. The molecule has 3 nitrogen and oxygen atoms in total. The lowest BCUT2D eigenvalue weighted by Gasteiger charge is -2.18. The summed E-state index contributed by atoms with van der Waals surface area (Å²) in [6, 6.07) is 6.51. The third-order valence-corrected chi connectivity index (χ3v) is 2.53. The zero-order chi connectivity index (χ0) is 12.1. The van der Waals surface area contributed by atoms with Gasteiger partial charge >= 0.3 is 0 Å². The van der Waals surface area contributed by atoms with Gasteiger partial charge in [0.1, 0.15) is 5.75 Å². The SMILES string of the molecule is COc1ccc(C)cc1C(N)CNC(C)C. The van der Waals surface area contributed by atoms with Crippen LogP contribution in [0.5, 0.6) is 5.75 Å². The van der Waals surface area contributed by atoms with Crippen LogP contribution >= 0.6 is 0 Å². The highest BCUT2D eigenvalue weighted by Crippen LogP contribution is 2.24. The minimum absolute atomic E-state index is 0.0303. The largest absolute Gasteiger partial charge is 0.496 e. The molecule has 3 heteroatoms. The lowest BCUT2D eigenvalue weighted by molar-refractivity contribution is 0.403. The average molecular weight is 222 g/mol. The quantitative estimate of drug-likeness (QED) is 0.801. The van der Waals surface area contributed by atoms with Crippen molar-refractivity contribution in [1.29, 1.82) is 0 Å². The van der Waals surface area contributed by atoms with E-state index < -0.39 is 0 Å². The van der Waals surface area contributed by atoms with E-state index in [1.165, 1.54) is 5.56 Å². The van der Waals surface area contributed by atoms with Gasteiger partial charge in [0.05, 0.1) is 7.11 Å². The van der Waals surface area contributed by atoms with Gasteiger partial charge in [-0.3, -0.25) is 0 Å². The van der Waals surface area contributed by atoms with Crippen molar-refractivity contribution in [2.45, 2.75) is 32.9 Å². The van der Waals surface area contributed by atoms with E-state index in [0.29, 0.717) is 6.04 Å². The monoisotopic (exact) mass is 222 g/mol. The molecule has 0 saturated carbocycles. The van der Waals surface area contributed by atoms with Gasteiger partial charge in [0.2, 0.25) is 0 Å². The van der Waals surface area contributed by atoms with Crippen LogP contribution in [0.3, 0.4) is 0 Å². The van der Waals surface area contributed by atoms with Gasteiger partial charge in [-0.15, -0.1) is 0 Å². The lowest BCUT2D eigenvalue weighted by Crippen LogP contribution is -2.31. The third-order valence-electron chi connectivity index (χ3n) is 2.53. The number of nitrogens with two attached hydrogens (primary N) is 1. The molecule has 0 fully saturated rings. The molecule has 1 aromatic rings. The Morgan fingerprint density at radius 2 is 2.06 bits per heavy atom. The summed E-state index contributed by atoms with van der Waals surface area (Å²) < 4.78 is 5.32. The first-order valence-corrected chi connectivity index (χ1v) is 5.68. The van der Waals surface area contributed by atoms with E-state index >= 15 is 0 Å². The predicted molar refractivity (Wildman–Crippen MR) is 67.8 cm³/mol. The highest BCUT2D eigenvalue weighted by Gasteiger charge is 2.12. The Morgan fingerprint density at radius 1 is 1.38 bits per heavy atom. The molecule has 0 aromatic heterocycles. The van der Waals surface area contributed by atoms with Gasteiger partial charge in [0.25, 0.3) is 0 Å². The fraction of sp³-hybridized carbons (Fsp3) is 0.538. The molecule has 0 spiro atoms. The van der Waals surface area contributed by atoms with Crippen LogP contribution in [-0.4, -0.2) is 19.7 Å². The fourth-order valence-corrected chi connectivity index (χ4v) is 1.62. The molecule has 0 bridgehead atoms. The van der Waals surface area contributed by atoms with Crippen molar-refractivity contribution in [3.05, 3.63) is 29.3 Å². The van der Waals surface area contributed by atoms with E-state index in [9.17, 15) is 0 Å². The Morgan fingerprint density at radius 3 is 2.62 bits per heavy atom. The van der Waals surface area contributed by atoms with Crippen LogP contribution in [0.4, 0.5) is 0 Å². The molecule has 1 atom stereocenters. The van der Waals surface area contributed by atoms with E-state index in [0.717, 1.165) is 17.9 Å². The highest BCUT2D eigenvalue weighted by atomic mass is 16.5. The summed E-state index contributed by atoms with van der Waals surface area (Å²) >= 11 is 0. The molecule has 90 valence electrons. The van der Waals surface area contributed by atoms with Crippen molar-refractivity contribution >= 4 is 0 Å². The molecule has 0 amide bonds. The van der Waals surface area contributed by atoms with Gasteiger partial charge < -0.3 is 15.8 Å². The van der Waals surface area contributed by atoms with Gasteiger partial charge in [-0.2, -0.15) is 0 Å². The van der Waals surface area contributed by atoms with Crippen LogP contribution in [0.25, 0.3) is 0 Å². The first-order chi connectivity index (χ1) is 7.54. The minimum atomic E-state index is -0.0303. The predicted octanol–water partition coefficient (Wildman–Crippen LogP) is 2.00. The second-order valence-corrected chi connectivity index (χ2v) is 4.41. The number of ether oxygens (including phenoxy) is 1. The molecule has 16 heavy (non-hydrogen) atoms. The summed E-state index contributed by atoms with van der Waals surface area (Å²) in [5.74, 6) is 0.864. The summed E-state index contributed by atoms with van der Waals surface area (Å²) in [7, 11) is 1.68. The van der Waals surface area contributed by atoms with Crippen LogP contribution in [-0.2, 0) is 0 Å².